The topological polar surface area (TPSA) is 141 Å². The number of nitro groups is 2. The molecule has 124 valence electrons. The van der Waals surface area contributed by atoms with Gasteiger partial charge in [0.1, 0.15) is 11.7 Å². The number of primary amides is 1. The summed E-state index contributed by atoms with van der Waals surface area (Å²) in [5.74, 6) is -0.688. The van der Waals surface area contributed by atoms with Crippen LogP contribution in [0.2, 0.25) is 0 Å². The van der Waals surface area contributed by atoms with Crippen LogP contribution < -0.4 is 11.1 Å². The summed E-state index contributed by atoms with van der Waals surface area (Å²) in [6, 6.07) is 11.2. The maximum absolute atomic E-state index is 11.6. The number of nitrogens with two attached hydrogens (primary N) is 1. The van der Waals surface area contributed by atoms with Gasteiger partial charge in [0.15, 0.2) is 0 Å². The number of carbonyl (C=O) groups is 1. The fourth-order valence-corrected chi connectivity index (χ4v) is 2.17. The van der Waals surface area contributed by atoms with Crippen molar-refractivity contribution >= 4 is 23.0 Å². The summed E-state index contributed by atoms with van der Waals surface area (Å²) in [4.78, 5) is 32.0. The van der Waals surface area contributed by atoms with E-state index in [0.717, 1.165) is 17.7 Å². The van der Waals surface area contributed by atoms with Crippen LogP contribution in [0.4, 0.5) is 17.1 Å². The highest BCUT2D eigenvalue weighted by atomic mass is 16.6. The average Bonchev–Trinajstić information content (AvgIpc) is 2.55. The van der Waals surface area contributed by atoms with E-state index in [2.05, 4.69) is 5.32 Å². The third-order valence-corrected chi connectivity index (χ3v) is 3.34. The summed E-state index contributed by atoms with van der Waals surface area (Å²) in [6.07, 6.45) is 0.227. The summed E-state index contributed by atoms with van der Waals surface area (Å²) < 4.78 is 0. The molecule has 0 fully saturated rings. The minimum Gasteiger partial charge on any atom is -0.368 e. The van der Waals surface area contributed by atoms with Gasteiger partial charge in [-0.1, -0.05) is 30.3 Å². The van der Waals surface area contributed by atoms with Gasteiger partial charge >= 0.3 is 0 Å². The molecule has 0 heterocycles. The maximum Gasteiger partial charge on any atom is 0.299 e. The van der Waals surface area contributed by atoms with Gasteiger partial charge in [0.2, 0.25) is 5.91 Å². The van der Waals surface area contributed by atoms with Gasteiger partial charge in [-0.15, -0.1) is 0 Å². The SMILES string of the molecule is NC(=O)[C@H](Cc1ccccc1)Nc1ccc([N+](=O)[O-])cc1[N+](=O)[O-]. The second-order valence-corrected chi connectivity index (χ2v) is 5.00. The molecule has 9 heteroatoms. The Morgan fingerprint density at radius 3 is 2.29 bits per heavy atom. The van der Waals surface area contributed by atoms with Crippen molar-refractivity contribution < 1.29 is 14.6 Å². The third-order valence-electron chi connectivity index (χ3n) is 3.34. The Morgan fingerprint density at radius 1 is 1.08 bits per heavy atom. The van der Waals surface area contributed by atoms with Crippen molar-refractivity contribution in [2.24, 2.45) is 5.73 Å². The van der Waals surface area contributed by atoms with E-state index in [-0.39, 0.29) is 12.1 Å². The van der Waals surface area contributed by atoms with Crippen LogP contribution in [0.15, 0.2) is 48.5 Å². The number of amides is 1. The zero-order valence-corrected chi connectivity index (χ0v) is 12.4. The maximum atomic E-state index is 11.6. The van der Waals surface area contributed by atoms with Gasteiger partial charge in [0.25, 0.3) is 11.4 Å². The number of hydrogen-bond donors (Lipinski definition) is 2. The summed E-state index contributed by atoms with van der Waals surface area (Å²) in [5, 5.41) is 24.6. The fourth-order valence-electron chi connectivity index (χ4n) is 2.17. The van der Waals surface area contributed by atoms with Gasteiger partial charge < -0.3 is 11.1 Å². The highest BCUT2D eigenvalue weighted by Crippen LogP contribution is 2.29. The summed E-state index contributed by atoms with van der Waals surface area (Å²) in [7, 11) is 0. The number of non-ortho nitro benzene ring substituents is 1. The average molecular weight is 330 g/mol. The molecule has 0 unspecified atom stereocenters. The standard InChI is InChI=1S/C15H14N4O5/c16-15(20)13(8-10-4-2-1-3-5-10)17-12-7-6-11(18(21)22)9-14(12)19(23)24/h1-7,9,13,17H,8H2,(H2,16,20)/t13-/m0/s1. The van der Waals surface area contributed by atoms with Crippen LogP contribution in [-0.4, -0.2) is 21.8 Å². The normalized spacial score (nSPS) is 11.5. The van der Waals surface area contributed by atoms with Crippen LogP contribution in [0.25, 0.3) is 0 Å². The van der Waals surface area contributed by atoms with Crippen LogP contribution in [0.1, 0.15) is 5.56 Å². The molecule has 2 rings (SSSR count). The van der Waals surface area contributed by atoms with Crippen molar-refractivity contribution in [2.75, 3.05) is 5.32 Å². The molecule has 0 aromatic heterocycles. The van der Waals surface area contributed by atoms with Crippen LogP contribution in [0, 0.1) is 20.2 Å². The van der Waals surface area contributed by atoms with Crippen LogP contribution in [0.5, 0.6) is 0 Å². The predicted octanol–water partition coefficient (Wildman–Crippen LogP) is 2.01. The predicted molar refractivity (Wildman–Crippen MR) is 86.5 cm³/mol. The first-order valence-corrected chi connectivity index (χ1v) is 6.91. The summed E-state index contributed by atoms with van der Waals surface area (Å²) in [5.41, 5.74) is 5.26. The van der Waals surface area contributed by atoms with Crippen molar-refractivity contribution in [1.82, 2.24) is 0 Å². The lowest BCUT2D eigenvalue weighted by Crippen LogP contribution is -2.37. The second-order valence-electron chi connectivity index (χ2n) is 5.00. The van der Waals surface area contributed by atoms with Gasteiger partial charge in [0, 0.05) is 12.5 Å². The summed E-state index contributed by atoms with van der Waals surface area (Å²) >= 11 is 0. The van der Waals surface area contributed by atoms with Gasteiger partial charge in [-0.3, -0.25) is 25.0 Å². The van der Waals surface area contributed by atoms with Crippen molar-refractivity contribution in [2.45, 2.75) is 12.5 Å². The number of hydrogen-bond acceptors (Lipinski definition) is 6. The van der Waals surface area contributed by atoms with Gasteiger partial charge in [0.05, 0.1) is 15.9 Å². The molecule has 0 spiro atoms. The molecule has 24 heavy (non-hydrogen) atoms. The molecule has 9 nitrogen and oxygen atoms in total. The zero-order valence-electron chi connectivity index (χ0n) is 12.4. The molecular formula is C15H14N4O5. The Kier molecular flexibility index (Phi) is 5.05. The largest absolute Gasteiger partial charge is 0.368 e. The van der Waals surface area contributed by atoms with E-state index < -0.39 is 33.2 Å². The Morgan fingerprint density at radius 2 is 1.75 bits per heavy atom. The molecule has 1 atom stereocenters. The number of carbonyl (C=O) groups excluding carboxylic acids is 1. The molecule has 0 aliphatic heterocycles. The van der Waals surface area contributed by atoms with E-state index in [1.165, 1.54) is 6.07 Å². The monoisotopic (exact) mass is 330 g/mol. The number of rotatable bonds is 7. The van der Waals surface area contributed by atoms with Gasteiger partial charge in [-0.05, 0) is 11.6 Å². The Balaban J connectivity index is 2.30. The van der Waals surface area contributed by atoms with Crippen molar-refractivity contribution in [3.05, 3.63) is 74.3 Å². The molecule has 0 bridgehead atoms. The molecule has 0 aliphatic carbocycles. The van der Waals surface area contributed by atoms with E-state index in [0.29, 0.717) is 0 Å². The van der Waals surface area contributed by atoms with Crippen LogP contribution in [0.3, 0.4) is 0 Å². The van der Waals surface area contributed by atoms with E-state index in [4.69, 9.17) is 5.73 Å². The number of anilines is 1. The van der Waals surface area contributed by atoms with Gasteiger partial charge in [-0.25, -0.2) is 0 Å². The van der Waals surface area contributed by atoms with Crippen molar-refractivity contribution in [1.29, 1.82) is 0 Å². The molecule has 1 amide bonds. The molecular weight excluding hydrogens is 316 g/mol. The third kappa shape index (κ3) is 4.03. The highest BCUT2D eigenvalue weighted by Gasteiger charge is 2.23. The lowest BCUT2D eigenvalue weighted by atomic mass is 10.0. The highest BCUT2D eigenvalue weighted by molar-refractivity contribution is 5.84. The number of nitro benzene ring substituents is 2. The first-order chi connectivity index (χ1) is 11.4. The molecule has 0 saturated carbocycles. The lowest BCUT2D eigenvalue weighted by Gasteiger charge is -2.16. The smallest absolute Gasteiger partial charge is 0.299 e. The number of benzene rings is 2. The first kappa shape index (κ1) is 16.9. The van der Waals surface area contributed by atoms with E-state index >= 15 is 0 Å². The Bertz CT molecular complexity index is 779. The molecule has 0 aliphatic rings. The van der Waals surface area contributed by atoms with E-state index in [9.17, 15) is 25.0 Å². The zero-order chi connectivity index (χ0) is 17.7. The number of nitrogens with zero attached hydrogens (tertiary/aromatic N) is 2. The molecule has 2 aromatic rings. The van der Waals surface area contributed by atoms with E-state index in [1.54, 1.807) is 24.3 Å². The van der Waals surface area contributed by atoms with Crippen LogP contribution >= 0.6 is 0 Å². The lowest BCUT2D eigenvalue weighted by molar-refractivity contribution is -0.393. The minimum atomic E-state index is -0.896. The quantitative estimate of drug-likeness (QED) is 0.587. The second kappa shape index (κ2) is 7.18. The molecule has 2 aromatic carbocycles. The van der Waals surface area contributed by atoms with E-state index in [1.807, 2.05) is 6.07 Å². The Hall–Kier alpha value is -3.49. The van der Waals surface area contributed by atoms with Gasteiger partial charge in [-0.2, -0.15) is 0 Å². The fraction of sp³-hybridized carbons (Fsp3) is 0.133. The Labute approximate surface area is 136 Å². The first-order valence-electron chi connectivity index (χ1n) is 6.91. The minimum absolute atomic E-state index is 0.00895. The van der Waals surface area contributed by atoms with Crippen molar-refractivity contribution in [3.63, 3.8) is 0 Å². The molecule has 0 saturated heterocycles. The molecule has 0 radical (unpaired) electrons. The van der Waals surface area contributed by atoms with Crippen LogP contribution in [-0.2, 0) is 11.2 Å². The van der Waals surface area contributed by atoms with Crippen molar-refractivity contribution in [3.8, 4) is 0 Å². The summed E-state index contributed by atoms with van der Waals surface area (Å²) in [6.45, 7) is 0. The number of nitrogens with one attached hydrogen (secondary N) is 1. The molecule has 3 N–H and O–H groups in total.